The zero-order valence-corrected chi connectivity index (χ0v) is 12.4. The highest BCUT2D eigenvalue weighted by Gasteiger charge is 2.45. The van der Waals surface area contributed by atoms with Gasteiger partial charge in [-0.05, 0) is 25.7 Å². The Hall–Kier alpha value is -1.32. The summed E-state index contributed by atoms with van der Waals surface area (Å²) in [4.78, 5) is 23.4. The molecule has 0 spiro atoms. The van der Waals surface area contributed by atoms with Gasteiger partial charge in [0, 0.05) is 0 Å². The van der Waals surface area contributed by atoms with Crippen LogP contribution in [-0.2, 0) is 14.3 Å². The molecular weight excluding hydrogens is 256 g/mol. The first-order valence-electron chi connectivity index (χ1n) is 7.72. The number of hydrogen-bond acceptors (Lipinski definition) is 3. The summed E-state index contributed by atoms with van der Waals surface area (Å²) in [5.74, 6) is -1.70. The van der Waals surface area contributed by atoms with E-state index in [1.165, 1.54) is 25.3 Å². The predicted octanol–water partition coefficient (Wildman–Crippen LogP) is 3.70. The van der Waals surface area contributed by atoms with Crippen LogP contribution < -0.4 is 0 Å². The Kier molecular flexibility index (Phi) is 7.34. The molecule has 4 heteroatoms. The van der Waals surface area contributed by atoms with Crippen molar-refractivity contribution in [1.82, 2.24) is 0 Å². The maximum absolute atomic E-state index is 12.0. The van der Waals surface area contributed by atoms with E-state index in [1.54, 1.807) is 6.08 Å². The summed E-state index contributed by atoms with van der Waals surface area (Å²) in [5.41, 5.74) is -1.44. The minimum atomic E-state index is -1.44. The van der Waals surface area contributed by atoms with E-state index in [1.807, 2.05) is 0 Å². The van der Waals surface area contributed by atoms with E-state index < -0.39 is 17.4 Å². The van der Waals surface area contributed by atoms with E-state index in [4.69, 9.17) is 4.74 Å². The number of carbonyl (C=O) groups is 2. The second-order valence-corrected chi connectivity index (χ2v) is 5.47. The third kappa shape index (κ3) is 4.66. The van der Waals surface area contributed by atoms with Crippen LogP contribution in [0.2, 0.25) is 0 Å². The van der Waals surface area contributed by atoms with Crippen LogP contribution in [0.15, 0.2) is 12.2 Å². The second-order valence-electron chi connectivity index (χ2n) is 5.47. The van der Waals surface area contributed by atoms with Crippen LogP contribution in [0, 0.1) is 5.41 Å². The minimum absolute atomic E-state index is 0.327. The number of carbonyl (C=O) groups excluding carboxylic acids is 1. The van der Waals surface area contributed by atoms with Gasteiger partial charge in [0.05, 0.1) is 6.61 Å². The van der Waals surface area contributed by atoms with Gasteiger partial charge in [-0.2, -0.15) is 0 Å². The summed E-state index contributed by atoms with van der Waals surface area (Å²) in [6.07, 6.45) is 11.8. The van der Waals surface area contributed by atoms with Crippen molar-refractivity contribution in [2.45, 2.75) is 64.7 Å². The van der Waals surface area contributed by atoms with E-state index in [-0.39, 0.29) is 0 Å². The summed E-state index contributed by atoms with van der Waals surface area (Å²) < 4.78 is 5.18. The third-order valence-corrected chi connectivity index (χ3v) is 3.82. The number of hydrogen-bond donors (Lipinski definition) is 1. The molecule has 0 aliphatic heterocycles. The van der Waals surface area contributed by atoms with Crippen molar-refractivity contribution in [2.75, 3.05) is 6.61 Å². The van der Waals surface area contributed by atoms with Crippen molar-refractivity contribution in [1.29, 1.82) is 0 Å². The molecule has 0 saturated carbocycles. The van der Waals surface area contributed by atoms with Crippen LogP contribution in [-0.4, -0.2) is 23.7 Å². The van der Waals surface area contributed by atoms with Crippen LogP contribution in [0.3, 0.4) is 0 Å². The van der Waals surface area contributed by atoms with Crippen molar-refractivity contribution in [3.63, 3.8) is 0 Å². The molecule has 0 fully saturated rings. The first-order chi connectivity index (χ1) is 9.63. The molecule has 1 atom stereocenters. The largest absolute Gasteiger partial charge is 0.480 e. The maximum Gasteiger partial charge on any atom is 0.327 e. The average molecular weight is 282 g/mol. The van der Waals surface area contributed by atoms with Crippen molar-refractivity contribution in [3.05, 3.63) is 12.2 Å². The van der Waals surface area contributed by atoms with E-state index in [0.717, 1.165) is 32.1 Å². The fourth-order valence-corrected chi connectivity index (χ4v) is 2.48. The van der Waals surface area contributed by atoms with Crippen LogP contribution in [0.5, 0.6) is 0 Å². The minimum Gasteiger partial charge on any atom is -0.480 e. The normalized spacial score (nSPS) is 21.6. The molecular formula is C16H26O4. The quantitative estimate of drug-likeness (QED) is 0.303. The number of carboxylic acid groups (broad SMARTS) is 1. The Morgan fingerprint density at radius 2 is 1.90 bits per heavy atom. The lowest BCUT2D eigenvalue weighted by Crippen LogP contribution is -2.40. The van der Waals surface area contributed by atoms with E-state index in [0.29, 0.717) is 13.0 Å². The topological polar surface area (TPSA) is 63.6 Å². The van der Waals surface area contributed by atoms with Crippen molar-refractivity contribution < 1.29 is 19.4 Å². The fourth-order valence-electron chi connectivity index (χ4n) is 2.48. The number of carboxylic acids is 1. The van der Waals surface area contributed by atoms with E-state index in [2.05, 4.69) is 6.92 Å². The van der Waals surface area contributed by atoms with Crippen LogP contribution in [0.25, 0.3) is 0 Å². The Bertz CT molecular complexity index is 348. The summed E-state index contributed by atoms with van der Waals surface area (Å²) in [6.45, 7) is 2.50. The molecule has 1 unspecified atom stereocenters. The van der Waals surface area contributed by atoms with Crippen molar-refractivity contribution in [3.8, 4) is 0 Å². The van der Waals surface area contributed by atoms with Gasteiger partial charge in [0.25, 0.3) is 0 Å². The van der Waals surface area contributed by atoms with Gasteiger partial charge in [0.1, 0.15) is 0 Å². The van der Waals surface area contributed by atoms with E-state index >= 15 is 0 Å². The number of aliphatic carboxylic acids is 1. The molecule has 0 radical (unpaired) electrons. The van der Waals surface area contributed by atoms with Gasteiger partial charge in [-0.25, -0.2) is 0 Å². The third-order valence-electron chi connectivity index (χ3n) is 3.82. The monoisotopic (exact) mass is 282 g/mol. The Morgan fingerprint density at radius 1 is 1.20 bits per heavy atom. The van der Waals surface area contributed by atoms with E-state index in [9.17, 15) is 14.7 Å². The summed E-state index contributed by atoms with van der Waals surface area (Å²) in [5, 5.41) is 9.31. The Morgan fingerprint density at radius 3 is 2.50 bits per heavy atom. The van der Waals surface area contributed by atoms with Crippen molar-refractivity contribution in [2.24, 2.45) is 5.41 Å². The molecule has 1 rings (SSSR count). The van der Waals surface area contributed by atoms with Gasteiger partial charge in [-0.3, -0.25) is 9.59 Å². The first kappa shape index (κ1) is 16.7. The standard InChI is InChI=1S/C16H26O4/c1-2-3-4-5-6-10-13-20-15(19)16(14(17)18)11-8-7-9-12-16/h8,11H,2-7,9-10,12-13H2,1H3,(H,17,18). The number of rotatable bonds is 9. The van der Waals surface area contributed by atoms with Gasteiger partial charge in [-0.15, -0.1) is 0 Å². The number of allylic oxidation sites excluding steroid dienone is 1. The lowest BCUT2D eigenvalue weighted by Gasteiger charge is -2.26. The highest BCUT2D eigenvalue weighted by molar-refractivity contribution is 6.01. The summed E-state index contributed by atoms with van der Waals surface area (Å²) >= 11 is 0. The lowest BCUT2D eigenvalue weighted by atomic mass is 9.79. The molecule has 0 aromatic rings. The molecule has 1 aliphatic carbocycles. The molecule has 0 heterocycles. The van der Waals surface area contributed by atoms with Gasteiger partial charge < -0.3 is 9.84 Å². The SMILES string of the molecule is CCCCCCCCOC(=O)C1(C(=O)O)C=CCCC1. The molecule has 4 nitrogen and oxygen atoms in total. The predicted molar refractivity (Wildman–Crippen MR) is 77.4 cm³/mol. The lowest BCUT2D eigenvalue weighted by molar-refractivity contribution is -0.165. The van der Waals surface area contributed by atoms with Gasteiger partial charge in [-0.1, -0.05) is 51.2 Å². The van der Waals surface area contributed by atoms with Crippen LogP contribution in [0.4, 0.5) is 0 Å². The maximum atomic E-state index is 12.0. The Labute approximate surface area is 121 Å². The molecule has 0 saturated heterocycles. The number of esters is 1. The highest BCUT2D eigenvalue weighted by Crippen LogP contribution is 2.33. The Balaban J connectivity index is 2.31. The van der Waals surface area contributed by atoms with Gasteiger partial charge in [0.2, 0.25) is 0 Å². The van der Waals surface area contributed by atoms with Crippen LogP contribution in [0.1, 0.15) is 64.7 Å². The number of unbranched alkanes of at least 4 members (excludes halogenated alkanes) is 5. The van der Waals surface area contributed by atoms with Crippen LogP contribution >= 0.6 is 0 Å². The number of ether oxygens (including phenoxy) is 1. The average Bonchev–Trinajstić information content (AvgIpc) is 2.46. The highest BCUT2D eigenvalue weighted by atomic mass is 16.5. The molecule has 0 amide bonds. The summed E-state index contributed by atoms with van der Waals surface area (Å²) in [6, 6.07) is 0. The summed E-state index contributed by atoms with van der Waals surface area (Å²) in [7, 11) is 0. The molecule has 1 aliphatic rings. The molecule has 0 aromatic carbocycles. The fraction of sp³-hybridized carbons (Fsp3) is 0.750. The van der Waals surface area contributed by atoms with Crippen molar-refractivity contribution >= 4 is 11.9 Å². The smallest absolute Gasteiger partial charge is 0.327 e. The first-order valence-corrected chi connectivity index (χ1v) is 7.72. The molecule has 0 bridgehead atoms. The molecule has 20 heavy (non-hydrogen) atoms. The molecule has 114 valence electrons. The van der Waals surface area contributed by atoms with Gasteiger partial charge >= 0.3 is 11.9 Å². The van der Waals surface area contributed by atoms with Gasteiger partial charge in [0.15, 0.2) is 5.41 Å². The molecule has 0 aromatic heterocycles. The zero-order valence-electron chi connectivity index (χ0n) is 12.4. The molecule has 1 N–H and O–H groups in total. The zero-order chi connectivity index (χ0) is 14.8. The second kappa shape index (κ2) is 8.77.